The lowest BCUT2D eigenvalue weighted by Crippen LogP contribution is -2.22. The van der Waals surface area contributed by atoms with Crippen molar-refractivity contribution in [1.29, 1.82) is 0 Å². The molecule has 0 aliphatic heterocycles. The van der Waals surface area contributed by atoms with Crippen LogP contribution >= 0.6 is 0 Å². The molecule has 6 heteroatoms. The van der Waals surface area contributed by atoms with Crippen molar-refractivity contribution in [1.82, 2.24) is 5.16 Å². The van der Waals surface area contributed by atoms with Crippen LogP contribution in [0, 0.1) is 5.21 Å². The molecule has 0 saturated heterocycles. The Labute approximate surface area is 71.6 Å². The van der Waals surface area contributed by atoms with Gasteiger partial charge in [-0.05, 0) is 17.0 Å². The number of nitrogens with zero attached hydrogens (tertiary/aromatic N) is 3. The van der Waals surface area contributed by atoms with Crippen LogP contribution in [-0.2, 0) is 4.79 Å². The molecule has 0 unspecified atom stereocenters. The van der Waals surface area contributed by atoms with Crippen LogP contribution in [0.3, 0.4) is 0 Å². The fraction of sp³-hybridized carbons (Fsp3) is 0. The molecule has 1 heterocycles. The molecule has 0 atom stereocenters. The van der Waals surface area contributed by atoms with E-state index < -0.39 is 0 Å². The zero-order valence-electron chi connectivity index (χ0n) is 6.30. The summed E-state index contributed by atoms with van der Waals surface area (Å²) in [6.07, 6.45) is 1.39. The molecule has 13 heavy (non-hydrogen) atoms. The van der Waals surface area contributed by atoms with Gasteiger partial charge in [0.25, 0.3) is 5.52 Å². The molecule has 2 rings (SSSR count). The molecule has 0 saturated carbocycles. The Morgan fingerprint density at radius 1 is 1.62 bits per heavy atom. The highest BCUT2D eigenvalue weighted by atomic mass is 16.8. The number of carbonyl (C=O) groups excluding carboxylic acids is 1. The molecule has 64 valence electrons. The Balaban J connectivity index is 2.69. The van der Waals surface area contributed by atoms with Crippen LogP contribution in [0.25, 0.3) is 11.0 Å². The van der Waals surface area contributed by atoms with E-state index in [0.717, 1.165) is 0 Å². The van der Waals surface area contributed by atoms with E-state index in [4.69, 9.17) is 0 Å². The van der Waals surface area contributed by atoms with Crippen LogP contribution in [0.15, 0.2) is 27.8 Å². The summed E-state index contributed by atoms with van der Waals surface area (Å²) < 4.78 is 4.32. The third kappa shape index (κ3) is 1.15. The van der Waals surface area contributed by atoms with E-state index in [1.54, 1.807) is 0 Å². The van der Waals surface area contributed by atoms with Gasteiger partial charge < -0.3 is 5.21 Å². The summed E-state index contributed by atoms with van der Waals surface area (Å²) in [7, 11) is 0. The minimum Gasteiger partial charge on any atom is -0.359 e. The average Bonchev–Trinajstić information content (AvgIpc) is 2.48. The van der Waals surface area contributed by atoms with E-state index in [-0.39, 0.29) is 4.90 Å². The van der Waals surface area contributed by atoms with Gasteiger partial charge in [0.15, 0.2) is 0 Å². The molecule has 0 radical (unpaired) electrons. The zero-order valence-corrected chi connectivity index (χ0v) is 6.30. The van der Waals surface area contributed by atoms with Gasteiger partial charge in [0, 0.05) is 11.2 Å². The number of fused-ring (bicyclic) bond motifs is 1. The summed E-state index contributed by atoms with van der Waals surface area (Å²) in [6.45, 7) is 0. The summed E-state index contributed by atoms with van der Waals surface area (Å²) in [5.74, 6) is 0. The zero-order chi connectivity index (χ0) is 9.26. The van der Waals surface area contributed by atoms with Crippen LogP contribution in [0.2, 0.25) is 0 Å². The first-order valence-corrected chi connectivity index (χ1v) is 3.38. The van der Waals surface area contributed by atoms with Gasteiger partial charge in [-0.25, -0.2) is 4.79 Å². The van der Waals surface area contributed by atoms with Crippen molar-refractivity contribution in [2.24, 2.45) is 4.99 Å². The highest BCUT2D eigenvalue weighted by Gasteiger charge is 2.08. The van der Waals surface area contributed by atoms with Gasteiger partial charge in [0.1, 0.15) is 0 Å². The normalized spacial score (nSPS) is 9.85. The third-order valence-electron chi connectivity index (χ3n) is 1.54. The number of aliphatic imine (C=N–C) groups is 1. The second-order valence-electron chi connectivity index (χ2n) is 2.31. The van der Waals surface area contributed by atoms with Gasteiger partial charge in [0.05, 0.1) is 5.69 Å². The molecule has 2 aromatic rings. The fourth-order valence-electron chi connectivity index (χ4n) is 0.987. The van der Waals surface area contributed by atoms with Gasteiger partial charge in [-0.15, -0.1) is 0 Å². The number of rotatable bonds is 1. The van der Waals surface area contributed by atoms with Gasteiger partial charge in [0.2, 0.25) is 11.6 Å². The predicted octanol–water partition coefficient (Wildman–Crippen LogP) is 0.428. The highest BCUT2D eigenvalue weighted by molar-refractivity contribution is 5.74. The lowest BCUT2D eigenvalue weighted by Gasteiger charge is -1.86. The first kappa shape index (κ1) is 7.45. The molecule has 6 nitrogen and oxygen atoms in total. The smallest absolute Gasteiger partial charge is 0.250 e. The first-order chi connectivity index (χ1) is 6.31. The van der Waals surface area contributed by atoms with Crippen molar-refractivity contribution >= 4 is 22.8 Å². The van der Waals surface area contributed by atoms with Crippen molar-refractivity contribution < 1.29 is 14.3 Å². The van der Waals surface area contributed by atoms with Crippen LogP contribution in [0.1, 0.15) is 0 Å². The SMILES string of the molecule is O=C=Nc1ccc2c(c1)no[n+]2[O-]. The van der Waals surface area contributed by atoms with Gasteiger partial charge in [-0.3, -0.25) is 4.63 Å². The summed E-state index contributed by atoms with van der Waals surface area (Å²) in [5, 5.41) is 14.3. The Morgan fingerprint density at radius 3 is 3.23 bits per heavy atom. The standard InChI is InChI=1S/C7H3N3O3/c11-4-8-5-1-2-7-6(3-5)9-13-10(7)12/h1-3H. The molecular formula is C7H3N3O3. The lowest BCUT2D eigenvalue weighted by atomic mass is 10.3. The average molecular weight is 177 g/mol. The second-order valence-corrected chi connectivity index (χ2v) is 2.31. The first-order valence-electron chi connectivity index (χ1n) is 3.38. The number of aromatic nitrogens is 2. The third-order valence-corrected chi connectivity index (χ3v) is 1.54. The number of hydrogen-bond donors (Lipinski definition) is 0. The van der Waals surface area contributed by atoms with Crippen LogP contribution in [-0.4, -0.2) is 11.2 Å². The summed E-state index contributed by atoms with van der Waals surface area (Å²) in [4.78, 5) is 13.6. The predicted molar refractivity (Wildman–Crippen MR) is 40.8 cm³/mol. The van der Waals surface area contributed by atoms with E-state index in [9.17, 15) is 10.0 Å². The van der Waals surface area contributed by atoms with E-state index in [2.05, 4.69) is 14.8 Å². The summed E-state index contributed by atoms with van der Waals surface area (Å²) in [6, 6.07) is 4.42. The molecule has 0 fully saturated rings. The number of isocyanates is 1. The van der Waals surface area contributed by atoms with Gasteiger partial charge in [-0.2, -0.15) is 4.99 Å². The molecule has 0 spiro atoms. The quantitative estimate of drug-likeness (QED) is 0.359. The van der Waals surface area contributed by atoms with Crippen LogP contribution < -0.4 is 4.90 Å². The summed E-state index contributed by atoms with van der Waals surface area (Å²) in [5.41, 5.74) is 1.03. The van der Waals surface area contributed by atoms with Crippen molar-refractivity contribution in [2.45, 2.75) is 0 Å². The van der Waals surface area contributed by atoms with E-state index in [0.29, 0.717) is 16.7 Å². The second kappa shape index (κ2) is 2.69. The molecule has 0 aliphatic rings. The Bertz CT molecular complexity index is 499. The maximum Gasteiger partial charge on any atom is 0.250 e. The molecule has 0 bridgehead atoms. The van der Waals surface area contributed by atoms with E-state index >= 15 is 0 Å². The van der Waals surface area contributed by atoms with E-state index in [1.165, 1.54) is 24.3 Å². The number of hydrogen-bond acceptors (Lipinski definition) is 5. The minimum absolute atomic E-state index is 0.281. The topological polar surface area (TPSA) is 82.4 Å². The van der Waals surface area contributed by atoms with Crippen molar-refractivity contribution in [3.8, 4) is 0 Å². The largest absolute Gasteiger partial charge is 0.359 e. The number of benzene rings is 1. The lowest BCUT2D eigenvalue weighted by molar-refractivity contribution is -0.782. The monoisotopic (exact) mass is 177 g/mol. The molecule has 0 N–H and O–H groups in total. The maximum atomic E-state index is 10.8. The van der Waals surface area contributed by atoms with Gasteiger partial charge >= 0.3 is 0 Å². The molecule has 0 amide bonds. The Morgan fingerprint density at radius 2 is 2.46 bits per heavy atom. The fourth-order valence-corrected chi connectivity index (χ4v) is 0.987. The molecule has 1 aromatic heterocycles. The van der Waals surface area contributed by atoms with Crippen molar-refractivity contribution in [3.05, 3.63) is 23.4 Å². The van der Waals surface area contributed by atoms with E-state index in [1.807, 2.05) is 0 Å². The molecule has 0 aliphatic carbocycles. The molecular weight excluding hydrogens is 174 g/mol. The van der Waals surface area contributed by atoms with Crippen molar-refractivity contribution in [2.75, 3.05) is 0 Å². The molecule has 1 aromatic carbocycles. The van der Waals surface area contributed by atoms with Gasteiger partial charge in [-0.1, -0.05) is 0 Å². The van der Waals surface area contributed by atoms with Crippen molar-refractivity contribution in [3.63, 3.8) is 0 Å². The maximum absolute atomic E-state index is 10.8. The van der Waals surface area contributed by atoms with Crippen LogP contribution in [0.4, 0.5) is 5.69 Å². The Hall–Kier alpha value is -2.20. The van der Waals surface area contributed by atoms with Crippen LogP contribution in [0.5, 0.6) is 0 Å². The minimum atomic E-state index is 0.281. The Kier molecular flexibility index (Phi) is 1.54. The summed E-state index contributed by atoms with van der Waals surface area (Å²) >= 11 is 0. The highest BCUT2D eigenvalue weighted by Crippen LogP contribution is 2.16.